The largest absolute Gasteiger partial charge is 0.459 e. The first-order chi connectivity index (χ1) is 16.3. The number of hydrazone groups is 1. The van der Waals surface area contributed by atoms with Crippen LogP contribution in [0, 0.1) is 5.92 Å². The van der Waals surface area contributed by atoms with Gasteiger partial charge in [0.2, 0.25) is 5.91 Å². The fraction of sp³-hybridized carbons (Fsp3) is 0.200. The lowest BCUT2D eigenvalue weighted by Gasteiger charge is -2.16. The van der Waals surface area contributed by atoms with E-state index < -0.39 is 23.7 Å². The Morgan fingerprint density at radius 2 is 1.88 bits per heavy atom. The Hall–Kier alpha value is -4.40. The number of benzene rings is 2. The van der Waals surface area contributed by atoms with Crippen molar-refractivity contribution < 1.29 is 19.1 Å². The maximum atomic E-state index is 13.1. The number of amides is 2. The van der Waals surface area contributed by atoms with Gasteiger partial charge in [0, 0.05) is 23.6 Å². The highest BCUT2D eigenvalue weighted by molar-refractivity contribution is 6.28. The Morgan fingerprint density at radius 3 is 2.62 bits per heavy atom. The van der Waals surface area contributed by atoms with Crippen molar-refractivity contribution in [2.45, 2.75) is 26.9 Å². The summed E-state index contributed by atoms with van der Waals surface area (Å²) in [6.45, 7) is 5.13. The summed E-state index contributed by atoms with van der Waals surface area (Å²) in [6, 6.07) is 13.5. The second-order valence-electron chi connectivity index (χ2n) is 7.99. The van der Waals surface area contributed by atoms with Gasteiger partial charge in [0.1, 0.15) is 0 Å². The van der Waals surface area contributed by atoms with E-state index in [0.29, 0.717) is 28.3 Å². The third-order valence-electron chi connectivity index (χ3n) is 5.05. The molecule has 1 aromatic heterocycles. The highest BCUT2D eigenvalue weighted by atomic mass is 16.5. The molecule has 172 valence electrons. The number of esters is 1. The normalized spacial score (nSPS) is 15.3. The van der Waals surface area contributed by atoms with Gasteiger partial charge in [0.05, 0.1) is 35.0 Å². The summed E-state index contributed by atoms with van der Waals surface area (Å²) in [5.74, 6) is -2.59. The lowest BCUT2D eigenvalue weighted by atomic mass is 10.0. The molecule has 1 aliphatic heterocycles. The molecule has 2 amide bonds. The zero-order chi connectivity index (χ0) is 24.2. The zero-order valence-corrected chi connectivity index (χ0v) is 18.9. The summed E-state index contributed by atoms with van der Waals surface area (Å²) in [5.41, 5.74) is 2.98. The summed E-state index contributed by atoms with van der Waals surface area (Å²) in [6.07, 6.45) is 4.52. The molecule has 0 radical (unpaired) electrons. The number of nitrogens with zero attached hydrogens (tertiary/aromatic N) is 4. The highest BCUT2D eigenvalue weighted by Gasteiger charge is 2.40. The Labute approximate surface area is 196 Å². The van der Waals surface area contributed by atoms with Crippen LogP contribution in [0.15, 0.2) is 72.2 Å². The fourth-order valence-electron chi connectivity index (χ4n) is 3.52. The number of ether oxygens (including phenoxy) is 1. The SMILES string of the molecule is CC1=NN(c2cccc(C(=O)OC(C)C)c2)C(=O)C1C(=O)Nc1cccc(-c2cnccn2)c1. The van der Waals surface area contributed by atoms with Crippen LogP contribution >= 0.6 is 0 Å². The number of hydrogen-bond donors (Lipinski definition) is 1. The van der Waals surface area contributed by atoms with Crippen LogP contribution < -0.4 is 10.3 Å². The van der Waals surface area contributed by atoms with Gasteiger partial charge in [-0.3, -0.25) is 19.6 Å². The molecular weight excluding hydrogens is 434 g/mol. The maximum absolute atomic E-state index is 13.1. The Kier molecular flexibility index (Phi) is 6.44. The van der Waals surface area contributed by atoms with Crippen LogP contribution in [-0.2, 0) is 14.3 Å². The van der Waals surface area contributed by atoms with Gasteiger partial charge >= 0.3 is 5.97 Å². The van der Waals surface area contributed by atoms with Crippen molar-refractivity contribution >= 4 is 34.9 Å². The predicted molar refractivity (Wildman–Crippen MR) is 127 cm³/mol. The van der Waals surface area contributed by atoms with E-state index in [1.807, 2.05) is 6.07 Å². The molecule has 0 fully saturated rings. The minimum atomic E-state index is -1.09. The van der Waals surface area contributed by atoms with Crippen LogP contribution in [0.1, 0.15) is 31.1 Å². The van der Waals surface area contributed by atoms with Crippen LogP contribution in [0.25, 0.3) is 11.3 Å². The van der Waals surface area contributed by atoms with Gasteiger partial charge in [0.15, 0.2) is 5.92 Å². The van der Waals surface area contributed by atoms with Gasteiger partial charge < -0.3 is 10.1 Å². The van der Waals surface area contributed by atoms with E-state index in [1.54, 1.807) is 75.8 Å². The second-order valence-corrected chi connectivity index (χ2v) is 7.99. The molecule has 1 unspecified atom stereocenters. The molecular formula is C25H23N5O4. The van der Waals surface area contributed by atoms with Gasteiger partial charge in [-0.05, 0) is 51.1 Å². The summed E-state index contributed by atoms with van der Waals surface area (Å²) in [5, 5.41) is 8.21. The Bertz CT molecular complexity index is 1270. The smallest absolute Gasteiger partial charge is 0.338 e. The number of carbonyl (C=O) groups is 3. The molecule has 0 bridgehead atoms. The zero-order valence-electron chi connectivity index (χ0n) is 18.9. The van der Waals surface area contributed by atoms with E-state index in [9.17, 15) is 14.4 Å². The van der Waals surface area contributed by atoms with E-state index in [4.69, 9.17) is 4.74 Å². The topological polar surface area (TPSA) is 114 Å². The molecule has 3 aromatic rings. The molecule has 0 aliphatic carbocycles. The first kappa shape index (κ1) is 22.8. The van der Waals surface area contributed by atoms with Crippen LogP contribution in [0.5, 0.6) is 0 Å². The number of anilines is 2. The van der Waals surface area contributed by atoms with E-state index in [2.05, 4.69) is 20.4 Å². The molecule has 1 N–H and O–H groups in total. The minimum Gasteiger partial charge on any atom is -0.459 e. The van der Waals surface area contributed by atoms with Gasteiger partial charge in [-0.2, -0.15) is 10.1 Å². The van der Waals surface area contributed by atoms with Crippen LogP contribution in [0.3, 0.4) is 0 Å². The van der Waals surface area contributed by atoms with E-state index in [1.165, 1.54) is 6.07 Å². The Balaban J connectivity index is 1.51. The molecule has 34 heavy (non-hydrogen) atoms. The van der Waals surface area contributed by atoms with Gasteiger partial charge in [-0.15, -0.1) is 0 Å². The monoisotopic (exact) mass is 457 g/mol. The average Bonchev–Trinajstić information content (AvgIpc) is 3.13. The maximum Gasteiger partial charge on any atom is 0.338 e. The average molecular weight is 457 g/mol. The lowest BCUT2D eigenvalue weighted by Crippen LogP contribution is -2.36. The molecule has 1 atom stereocenters. The van der Waals surface area contributed by atoms with Crippen molar-refractivity contribution in [3.8, 4) is 11.3 Å². The van der Waals surface area contributed by atoms with Crippen molar-refractivity contribution in [3.63, 3.8) is 0 Å². The molecule has 9 heteroatoms. The molecule has 0 spiro atoms. The van der Waals surface area contributed by atoms with Crippen molar-refractivity contribution in [2.24, 2.45) is 11.0 Å². The number of aromatic nitrogens is 2. The van der Waals surface area contributed by atoms with E-state index in [-0.39, 0.29) is 6.10 Å². The number of hydrogen-bond acceptors (Lipinski definition) is 7. The molecule has 0 saturated heterocycles. The van der Waals surface area contributed by atoms with Crippen molar-refractivity contribution in [1.29, 1.82) is 0 Å². The van der Waals surface area contributed by atoms with Gasteiger partial charge in [-0.1, -0.05) is 18.2 Å². The predicted octanol–water partition coefficient (Wildman–Crippen LogP) is 3.69. The quantitative estimate of drug-likeness (QED) is 0.446. The number of rotatable bonds is 6. The van der Waals surface area contributed by atoms with Crippen molar-refractivity contribution in [2.75, 3.05) is 10.3 Å². The summed E-state index contributed by atoms with van der Waals surface area (Å²) in [7, 11) is 0. The third-order valence-corrected chi connectivity index (χ3v) is 5.05. The van der Waals surface area contributed by atoms with E-state index >= 15 is 0 Å². The van der Waals surface area contributed by atoms with Crippen molar-refractivity contribution in [1.82, 2.24) is 9.97 Å². The highest BCUT2D eigenvalue weighted by Crippen LogP contribution is 2.27. The standard InChI is InChI=1S/C25H23N5O4/c1-15(2)34-25(33)18-7-5-9-20(13-18)30-24(32)22(16(3)29-30)23(31)28-19-8-4-6-17(12-19)21-14-26-10-11-27-21/h4-15,22H,1-3H3,(H,28,31). The number of nitrogens with one attached hydrogen (secondary N) is 1. The third kappa shape index (κ3) is 4.83. The summed E-state index contributed by atoms with van der Waals surface area (Å²) in [4.78, 5) is 46.7. The van der Waals surface area contributed by atoms with Gasteiger partial charge in [-0.25, -0.2) is 4.79 Å². The molecule has 1 aliphatic rings. The van der Waals surface area contributed by atoms with E-state index in [0.717, 1.165) is 10.6 Å². The molecule has 0 saturated carbocycles. The molecule has 4 rings (SSSR count). The van der Waals surface area contributed by atoms with Crippen LogP contribution in [0.4, 0.5) is 11.4 Å². The summed E-state index contributed by atoms with van der Waals surface area (Å²) < 4.78 is 5.22. The first-order valence-corrected chi connectivity index (χ1v) is 10.7. The van der Waals surface area contributed by atoms with Crippen LogP contribution in [0.2, 0.25) is 0 Å². The Morgan fingerprint density at radius 1 is 1.09 bits per heavy atom. The fourth-order valence-corrected chi connectivity index (χ4v) is 3.52. The molecule has 2 heterocycles. The molecule has 2 aromatic carbocycles. The second kappa shape index (κ2) is 9.62. The molecule has 9 nitrogen and oxygen atoms in total. The van der Waals surface area contributed by atoms with Crippen LogP contribution in [-0.4, -0.2) is 39.6 Å². The minimum absolute atomic E-state index is 0.273. The van der Waals surface area contributed by atoms with Crippen molar-refractivity contribution in [3.05, 3.63) is 72.7 Å². The lowest BCUT2D eigenvalue weighted by molar-refractivity contribution is -0.127. The van der Waals surface area contributed by atoms with Gasteiger partial charge in [0.25, 0.3) is 5.91 Å². The number of carbonyl (C=O) groups excluding carboxylic acids is 3. The summed E-state index contributed by atoms with van der Waals surface area (Å²) >= 11 is 0. The first-order valence-electron chi connectivity index (χ1n) is 10.7.